The summed E-state index contributed by atoms with van der Waals surface area (Å²) in [6.45, 7) is 5.37. The third-order valence-corrected chi connectivity index (χ3v) is 8.66. The smallest absolute Gasteiger partial charge is 0.244 e. The molecule has 0 saturated carbocycles. The van der Waals surface area contributed by atoms with Gasteiger partial charge in [-0.15, -0.1) is 0 Å². The van der Waals surface area contributed by atoms with Crippen molar-refractivity contribution in [2.24, 2.45) is 0 Å². The molecule has 0 aliphatic carbocycles. The normalized spacial score (nSPS) is 13.2. The van der Waals surface area contributed by atoms with E-state index in [1.165, 1.54) is 17.9 Å². The number of halogens is 2. The summed E-state index contributed by atoms with van der Waals surface area (Å²) in [4.78, 5) is 28.4. The molecular weight excluding hydrogens is 553 g/mol. The van der Waals surface area contributed by atoms with Gasteiger partial charge in [-0.2, -0.15) is 0 Å². The highest BCUT2D eigenvalue weighted by Gasteiger charge is 2.33. The molecule has 3 rings (SSSR count). The summed E-state index contributed by atoms with van der Waals surface area (Å²) in [6.07, 6.45) is 2.04. The van der Waals surface area contributed by atoms with Crippen molar-refractivity contribution in [1.29, 1.82) is 0 Å². The number of benzene rings is 2. The van der Waals surface area contributed by atoms with Gasteiger partial charge in [0.15, 0.2) is 11.5 Å². The average molecular weight is 587 g/mol. The van der Waals surface area contributed by atoms with Crippen LogP contribution >= 0.6 is 23.2 Å². The summed E-state index contributed by atoms with van der Waals surface area (Å²) in [5.41, 5.74) is 0.917. The molecule has 0 radical (unpaired) electrons. The van der Waals surface area contributed by atoms with Crippen LogP contribution in [0.5, 0.6) is 11.5 Å². The van der Waals surface area contributed by atoms with Crippen molar-refractivity contribution in [3.05, 3.63) is 52.0 Å². The van der Waals surface area contributed by atoms with E-state index in [9.17, 15) is 18.0 Å². The van der Waals surface area contributed by atoms with Crippen LogP contribution in [0.1, 0.15) is 45.6 Å². The molecule has 0 bridgehead atoms. The van der Waals surface area contributed by atoms with Gasteiger partial charge in [-0.25, -0.2) is 8.42 Å². The summed E-state index contributed by atoms with van der Waals surface area (Å²) in [7, 11) is -3.86. The van der Waals surface area contributed by atoms with Gasteiger partial charge in [-0.05, 0) is 49.6 Å². The fraction of sp³-hybridized carbons (Fsp3) is 0.462. The molecule has 2 aromatic rings. The Labute approximate surface area is 234 Å². The lowest BCUT2D eigenvalue weighted by molar-refractivity contribution is -0.140. The van der Waals surface area contributed by atoms with E-state index in [0.29, 0.717) is 40.1 Å². The van der Waals surface area contributed by atoms with E-state index in [-0.39, 0.29) is 30.7 Å². The Morgan fingerprint density at radius 3 is 2.42 bits per heavy atom. The second-order valence-corrected chi connectivity index (χ2v) is 11.8. The lowest BCUT2D eigenvalue weighted by Gasteiger charge is -2.33. The van der Waals surface area contributed by atoms with Crippen LogP contribution in [0.25, 0.3) is 0 Å². The number of anilines is 1. The van der Waals surface area contributed by atoms with Gasteiger partial charge in [0.1, 0.15) is 12.6 Å². The summed E-state index contributed by atoms with van der Waals surface area (Å²) < 4.78 is 38.0. The first-order valence-electron chi connectivity index (χ1n) is 12.5. The second kappa shape index (κ2) is 13.4. The van der Waals surface area contributed by atoms with Crippen LogP contribution in [0.2, 0.25) is 10.0 Å². The molecule has 38 heavy (non-hydrogen) atoms. The number of sulfonamides is 1. The van der Waals surface area contributed by atoms with E-state index < -0.39 is 28.5 Å². The summed E-state index contributed by atoms with van der Waals surface area (Å²) in [5.74, 6) is -0.188. The first-order chi connectivity index (χ1) is 18.1. The van der Waals surface area contributed by atoms with E-state index in [2.05, 4.69) is 5.32 Å². The van der Waals surface area contributed by atoms with Gasteiger partial charge in [-0.1, -0.05) is 49.5 Å². The quantitative estimate of drug-likeness (QED) is 0.344. The molecule has 9 nitrogen and oxygen atoms in total. The minimum atomic E-state index is -3.86. The number of hydrogen-bond donors (Lipinski definition) is 1. The summed E-state index contributed by atoms with van der Waals surface area (Å²) in [5, 5.41) is 3.56. The lowest BCUT2D eigenvalue weighted by atomic mass is 10.1. The third kappa shape index (κ3) is 7.24. The van der Waals surface area contributed by atoms with Gasteiger partial charge in [0.25, 0.3) is 0 Å². The first kappa shape index (κ1) is 29.9. The lowest BCUT2D eigenvalue weighted by Crippen LogP contribution is -2.52. The summed E-state index contributed by atoms with van der Waals surface area (Å²) >= 11 is 12.3. The molecule has 0 saturated heterocycles. The Morgan fingerprint density at radius 2 is 1.76 bits per heavy atom. The predicted octanol–water partition coefficient (Wildman–Crippen LogP) is 4.60. The molecule has 1 aliphatic rings. The molecule has 0 spiro atoms. The Bertz CT molecular complexity index is 1260. The van der Waals surface area contributed by atoms with Crippen molar-refractivity contribution in [2.75, 3.05) is 29.9 Å². The standard InChI is InChI=1S/C26H33Cl2N3O6S/c1-4-7-12-29-26(33)22(5-2)30(15-18-8-10-20(27)21(28)13-18)25(32)16-31(38(34,35)6-3)19-9-11-23-24(14-19)37-17-36-23/h8-11,13-14,22H,4-7,12,15-17H2,1-3H3,(H,29,33)/t22-/m1/s1. The largest absolute Gasteiger partial charge is 0.454 e. The zero-order valence-corrected chi connectivity index (χ0v) is 24.0. The van der Waals surface area contributed by atoms with Gasteiger partial charge in [0.2, 0.25) is 28.6 Å². The number of hydrogen-bond acceptors (Lipinski definition) is 6. The van der Waals surface area contributed by atoms with Gasteiger partial charge in [0, 0.05) is 19.2 Å². The number of carbonyl (C=O) groups excluding carboxylic acids is 2. The van der Waals surface area contributed by atoms with Gasteiger partial charge >= 0.3 is 0 Å². The summed E-state index contributed by atoms with van der Waals surface area (Å²) in [6, 6.07) is 8.83. The van der Waals surface area contributed by atoms with E-state index in [1.807, 2.05) is 6.92 Å². The van der Waals surface area contributed by atoms with Crippen molar-refractivity contribution >= 4 is 50.7 Å². The molecule has 0 aromatic heterocycles. The molecule has 208 valence electrons. The zero-order chi connectivity index (χ0) is 27.9. The van der Waals surface area contributed by atoms with Gasteiger partial charge in [-0.3, -0.25) is 13.9 Å². The SMILES string of the molecule is CCCCNC(=O)[C@@H](CC)N(Cc1ccc(Cl)c(Cl)c1)C(=O)CN(c1ccc2c(c1)OCO2)S(=O)(=O)CC. The fourth-order valence-electron chi connectivity index (χ4n) is 4.02. The number of rotatable bonds is 13. The molecular formula is C26H33Cl2N3O6S. The maximum absolute atomic E-state index is 13.8. The Morgan fingerprint density at radius 1 is 1.03 bits per heavy atom. The number of amides is 2. The Kier molecular flexibility index (Phi) is 10.5. The number of unbranched alkanes of at least 4 members (excludes halogenated alkanes) is 1. The number of fused-ring (bicyclic) bond motifs is 1. The van der Waals surface area contributed by atoms with Gasteiger partial charge in [0.05, 0.1) is 21.5 Å². The highest BCUT2D eigenvalue weighted by Crippen LogP contribution is 2.36. The van der Waals surface area contributed by atoms with E-state index in [1.54, 1.807) is 37.3 Å². The predicted molar refractivity (Wildman–Crippen MR) is 148 cm³/mol. The van der Waals surface area contributed by atoms with Crippen LogP contribution in [0.3, 0.4) is 0 Å². The highest BCUT2D eigenvalue weighted by atomic mass is 35.5. The van der Waals surface area contributed by atoms with E-state index >= 15 is 0 Å². The minimum absolute atomic E-state index is 0.0288. The van der Waals surface area contributed by atoms with Crippen LogP contribution in [0, 0.1) is 0 Å². The molecule has 1 heterocycles. The van der Waals surface area contributed by atoms with Gasteiger partial charge < -0.3 is 19.7 Å². The fourth-order valence-corrected chi connectivity index (χ4v) is 5.39. The third-order valence-electron chi connectivity index (χ3n) is 6.18. The van der Waals surface area contributed by atoms with E-state index in [0.717, 1.165) is 17.1 Å². The molecule has 1 N–H and O–H groups in total. The van der Waals surface area contributed by atoms with Crippen LogP contribution in [0.4, 0.5) is 5.69 Å². The molecule has 0 unspecified atom stereocenters. The average Bonchev–Trinajstić information content (AvgIpc) is 3.37. The van der Waals surface area contributed by atoms with Crippen LogP contribution < -0.4 is 19.1 Å². The van der Waals surface area contributed by atoms with Crippen molar-refractivity contribution in [2.45, 2.75) is 52.6 Å². The highest BCUT2D eigenvalue weighted by molar-refractivity contribution is 7.92. The molecule has 1 aliphatic heterocycles. The minimum Gasteiger partial charge on any atom is -0.454 e. The number of nitrogens with zero attached hydrogens (tertiary/aromatic N) is 2. The van der Waals surface area contributed by atoms with Crippen LogP contribution in [-0.2, 0) is 26.2 Å². The van der Waals surface area contributed by atoms with Crippen molar-refractivity contribution < 1.29 is 27.5 Å². The molecule has 1 atom stereocenters. The maximum Gasteiger partial charge on any atom is 0.244 e. The number of carbonyl (C=O) groups is 2. The van der Waals surface area contributed by atoms with Crippen molar-refractivity contribution in [1.82, 2.24) is 10.2 Å². The first-order valence-corrected chi connectivity index (χ1v) is 14.9. The Balaban J connectivity index is 1.96. The van der Waals surface area contributed by atoms with Crippen molar-refractivity contribution in [3.63, 3.8) is 0 Å². The second-order valence-electron chi connectivity index (χ2n) is 8.78. The topological polar surface area (TPSA) is 105 Å². The molecule has 2 aromatic carbocycles. The van der Waals surface area contributed by atoms with Crippen molar-refractivity contribution in [3.8, 4) is 11.5 Å². The molecule has 0 fully saturated rings. The van der Waals surface area contributed by atoms with Crippen LogP contribution in [0.15, 0.2) is 36.4 Å². The zero-order valence-electron chi connectivity index (χ0n) is 21.7. The number of nitrogens with one attached hydrogen (secondary N) is 1. The molecule has 12 heteroatoms. The van der Waals surface area contributed by atoms with Crippen LogP contribution in [-0.4, -0.2) is 56.8 Å². The monoisotopic (exact) mass is 585 g/mol. The molecule has 2 amide bonds. The Hall–Kier alpha value is -2.69. The maximum atomic E-state index is 13.8. The number of ether oxygens (including phenoxy) is 2. The van der Waals surface area contributed by atoms with E-state index in [4.69, 9.17) is 32.7 Å².